The predicted octanol–water partition coefficient (Wildman–Crippen LogP) is 0.982. The summed E-state index contributed by atoms with van der Waals surface area (Å²) in [6, 6.07) is 4.70. The monoisotopic (exact) mass is 280 g/mol. The number of nitrogens with zero attached hydrogens (tertiary/aromatic N) is 2. The maximum atomic E-state index is 13.0. The van der Waals surface area contributed by atoms with Crippen molar-refractivity contribution in [3.05, 3.63) is 24.0 Å². The van der Waals surface area contributed by atoms with Crippen LogP contribution in [0.25, 0.3) is 0 Å². The fraction of sp³-hybridized carbons (Fsp3) is 0.500. The van der Waals surface area contributed by atoms with E-state index in [2.05, 4.69) is 29.2 Å². The lowest BCUT2D eigenvalue weighted by molar-refractivity contribution is -0.117. The van der Waals surface area contributed by atoms with E-state index in [1.165, 1.54) is 18.2 Å². The number of hydrogen-bond acceptors (Lipinski definition) is 4. The summed E-state index contributed by atoms with van der Waals surface area (Å²) >= 11 is 0. The second-order valence-electron chi connectivity index (χ2n) is 5.43. The van der Waals surface area contributed by atoms with Gasteiger partial charge in [0, 0.05) is 24.8 Å². The first-order chi connectivity index (χ1) is 9.45. The van der Waals surface area contributed by atoms with Gasteiger partial charge in [-0.3, -0.25) is 9.69 Å². The zero-order valence-electron chi connectivity index (χ0n) is 11.9. The third-order valence-corrected chi connectivity index (χ3v) is 3.62. The lowest BCUT2D eigenvalue weighted by atomic mass is 10.2. The second kappa shape index (κ2) is 6.19. The van der Waals surface area contributed by atoms with Gasteiger partial charge in [0.15, 0.2) is 0 Å². The van der Waals surface area contributed by atoms with Gasteiger partial charge in [-0.15, -0.1) is 0 Å². The number of likely N-dealkylation sites (N-methyl/N-ethyl adjacent to an activating group) is 1. The van der Waals surface area contributed by atoms with Crippen molar-refractivity contribution in [3.63, 3.8) is 0 Å². The molecule has 0 aliphatic carbocycles. The molecule has 1 aromatic rings. The Bertz CT molecular complexity index is 492. The summed E-state index contributed by atoms with van der Waals surface area (Å²) in [6.45, 7) is 2.16. The zero-order chi connectivity index (χ0) is 14.7. The Kier molecular flexibility index (Phi) is 4.57. The third-order valence-electron chi connectivity index (χ3n) is 3.62. The Morgan fingerprint density at radius 1 is 1.55 bits per heavy atom. The van der Waals surface area contributed by atoms with Crippen LogP contribution < -0.4 is 11.1 Å². The normalized spacial score (nSPS) is 19.5. The fourth-order valence-electron chi connectivity index (χ4n) is 2.40. The molecule has 1 aromatic carbocycles. The van der Waals surface area contributed by atoms with Gasteiger partial charge >= 0.3 is 0 Å². The predicted molar refractivity (Wildman–Crippen MR) is 78.0 cm³/mol. The molecular weight excluding hydrogens is 259 g/mol. The van der Waals surface area contributed by atoms with E-state index >= 15 is 0 Å². The molecule has 1 aliphatic heterocycles. The van der Waals surface area contributed by atoms with Crippen molar-refractivity contribution in [2.24, 2.45) is 0 Å². The number of benzene rings is 1. The summed E-state index contributed by atoms with van der Waals surface area (Å²) in [4.78, 5) is 16.2. The second-order valence-corrected chi connectivity index (χ2v) is 5.43. The van der Waals surface area contributed by atoms with Crippen molar-refractivity contribution >= 4 is 17.3 Å². The van der Waals surface area contributed by atoms with Gasteiger partial charge in [-0.1, -0.05) is 0 Å². The average Bonchev–Trinajstić information content (AvgIpc) is 2.82. The molecule has 20 heavy (non-hydrogen) atoms. The van der Waals surface area contributed by atoms with Crippen molar-refractivity contribution in [2.45, 2.75) is 12.5 Å². The van der Waals surface area contributed by atoms with Crippen molar-refractivity contribution in [2.75, 3.05) is 44.8 Å². The Balaban J connectivity index is 1.85. The first-order valence-electron chi connectivity index (χ1n) is 6.69. The average molecular weight is 280 g/mol. The summed E-state index contributed by atoms with van der Waals surface area (Å²) in [5, 5.41) is 2.74. The van der Waals surface area contributed by atoms with Gasteiger partial charge in [0.2, 0.25) is 5.91 Å². The van der Waals surface area contributed by atoms with E-state index in [1.54, 1.807) is 0 Å². The van der Waals surface area contributed by atoms with Crippen LogP contribution in [-0.2, 0) is 4.79 Å². The quantitative estimate of drug-likeness (QED) is 0.807. The van der Waals surface area contributed by atoms with Crippen LogP contribution in [0.2, 0.25) is 0 Å². The number of carbonyl (C=O) groups excluding carboxylic acids is 1. The highest BCUT2D eigenvalue weighted by atomic mass is 19.1. The molecule has 2 rings (SSSR count). The molecule has 1 saturated heterocycles. The largest absolute Gasteiger partial charge is 0.396 e. The molecule has 0 aromatic heterocycles. The number of hydrogen-bond donors (Lipinski definition) is 2. The first kappa shape index (κ1) is 14.7. The minimum Gasteiger partial charge on any atom is -0.396 e. The smallest absolute Gasteiger partial charge is 0.238 e. The van der Waals surface area contributed by atoms with E-state index in [1.807, 2.05) is 0 Å². The topological polar surface area (TPSA) is 61.6 Å². The van der Waals surface area contributed by atoms with E-state index in [-0.39, 0.29) is 11.6 Å². The molecule has 1 heterocycles. The number of nitrogen functional groups attached to an aromatic ring is 1. The third kappa shape index (κ3) is 3.68. The van der Waals surface area contributed by atoms with Gasteiger partial charge in [-0.05, 0) is 38.7 Å². The van der Waals surface area contributed by atoms with Crippen molar-refractivity contribution in [1.82, 2.24) is 9.80 Å². The molecule has 1 amide bonds. The SMILES string of the molecule is CN(C)C1CCN(CC(=O)Nc2ccc(F)c(N)c2)C1. The van der Waals surface area contributed by atoms with Crippen LogP contribution in [0.3, 0.4) is 0 Å². The highest BCUT2D eigenvalue weighted by Gasteiger charge is 2.25. The van der Waals surface area contributed by atoms with Crippen molar-refractivity contribution in [3.8, 4) is 0 Å². The van der Waals surface area contributed by atoms with Gasteiger partial charge in [-0.25, -0.2) is 4.39 Å². The molecule has 5 nitrogen and oxygen atoms in total. The molecule has 1 aliphatic rings. The van der Waals surface area contributed by atoms with E-state index in [4.69, 9.17) is 5.73 Å². The Morgan fingerprint density at radius 3 is 2.90 bits per heavy atom. The van der Waals surface area contributed by atoms with Crippen LogP contribution >= 0.6 is 0 Å². The molecule has 0 bridgehead atoms. The lowest BCUT2D eigenvalue weighted by Crippen LogP contribution is -2.35. The van der Waals surface area contributed by atoms with E-state index < -0.39 is 5.82 Å². The Hall–Kier alpha value is -1.66. The van der Waals surface area contributed by atoms with Crippen LogP contribution in [0.4, 0.5) is 15.8 Å². The van der Waals surface area contributed by atoms with Gasteiger partial charge in [0.05, 0.1) is 12.2 Å². The molecule has 1 fully saturated rings. The van der Waals surface area contributed by atoms with Gasteiger partial charge in [0.1, 0.15) is 5.82 Å². The molecule has 110 valence electrons. The standard InChI is InChI=1S/C14H21FN4O/c1-18(2)11-5-6-19(8-11)9-14(20)17-10-3-4-12(15)13(16)7-10/h3-4,7,11H,5-6,8-9,16H2,1-2H3,(H,17,20). The highest BCUT2D eigenvalue weighted by Crippen LogP contribution is 2.17. The molecule has 1 atom stereocenters. The van der Waals surface area contributed by atoms with Crippen LogP contribution in [0.5, 0.6) is 0 Å². The number of nitrogens with one attached hydrogen (secondary N) is 1. The van der Waals surface area contributed by atoms with E-state index in [9.17, 15) is 9.18 Å². The minimum atomic E-state index is -0.476. The first-order valence-corrected chi connectivity index (χ1v) is 6.69. The number of anilines is 2. The number of nitrogens with two attached hydrogens (primary N) is 1. The molecule has 0 radical (unpaired) electrons. The van der Waals surface area contributed by atoms with Gasteiger partial charge in [-0.2, -0.15) is 0 Å². The molecule has 0 spiro atoms. The minimum absolute atomic E-state index is 0.0386. The fourth-order valence-corrected chi connectivity index (χ4v) is 2.40. The number of carbonyl (C=O) groups is 1. The number of likely N-dealkylation sites (tertiary alicyclic amines) is 1. The molecule has 6 heteroatoms. The summed E-state index contributed by atoms with van der Waals surface area (Å²) in [5.41, 5.74) is 6.03. The van der Waals surface area contributed by atoms with Crippen LogP contribution in [0.1, 0.15) is 6.42 Å². The maximum absolute atomic E-state index is 13.0. The van der Waals surface area contributed by atoms with Crippen LogP contribution in [0, 0.1) is 5.82 Å². The number of rotatable bonds is 4. The maximum Gasteiger partial charge on any atom is 0.238 e. The van der Waals surface area contributed by atoms with Crippen LogP contribution in [0.15, 0.2) is 18.2 Å². The molecule has 0 saturated carbocycles. The van der Waals surface area contributed by atoms with Gasteiger partial charge in [0.25, 0.3) is 0 Å². The number of amides is 1. The zero-order valence-corrected chi connectivity index (χ0v) is 11.9. The Morgan fingerprint density at radius 2 is 2.30 bits per heavy atom. The lowest BCUT2D eigenvalue weighted by Gasteiger charge is -2.20. The summed E-state index contributed by atoms with van der Waals surface area (Å²) in [5.74, 6) is -0.577. The molecule has 1 unspecified atom stereocenters. The van der Waals surface area contributed by atoms with Crippen molar-refractivity contribution in [1.29, 1.82) is 0 Å². The number of halogens is 1. The van der Waals surface area contributed by atoms with E-state index in [0.717, 1.165) is 19.5 Å². The summed E-state index contributed by atoms with van der Waals surface area (Å²) in [7, 11) is 4.10. The van der Waals surface area contributed by atoms with Crippen molar-refractivity contribution < 1.29 is 9.18 Å². The molecule has 3 N–H and O–H groups in total. The highest BCUT2D eigenvalue weighted by molar-refractivity contribution is 5.92. The van der Waals surface area contributed by atoms with Gasteiger partial charge < -0.3 is 16.0 Å². The van der Waals surface area contributed by atoms with E-state index in [0.29, 0.717) is 18.3 Å². The molecular formula is C14H21FN4O. The van der Waals surface area contributed by atoms with Crippen LogP contribution in [-0.4, -0.2) is 55.5 Å². The summed E-state index contributed by atoms with van der Waals surface area (Å²) in [6.07, 6.45) is 1.07. The summed E-state index contributed by atoms with van der Waals surface area (Å²) < 4.78 is 13.0. The Labute approximate surface area is 118 Å².